The highest BCUT2D eigenvalue weighted by Gasteiger charge is 2.14. The van der Waals surface area contributed by atoms with E-state index >= 15 is 0 Å². The first-order valence-corrected chi connectivity index (χ1v) is 7.02. The zero-order chi connectivity index (χ0) is 14.8. The maximum Gasteiger partial charge on any atom is 0.221 e. The van der Waals surface area contributed by atoms with E-state index in [9.17, 15) is 0 Å². The summed E-state index contributed by atoms with van der Waals surface area (Å²) >= 11 is 6.01. The highest BCUT2D eigenvalue weighted by Crippen LogP contribution is 2.37. The molecular weight excluding hydrogens is 286 g/mol. The third-order valence-corrected chi connectivity index (χ3v) is 3.35. The van der Waals surface area contributed by atoms with Gasteiger partial charge < -0.3 is 10.5 Å². The smallest absolute Gasteiger partial charge is 0.221 e. The standard InChI is InChI=1S/C16H14ClN3O/c1-2-21-13-8-7-10-5-3-4-6-11(10)15(13)12-9-14(17)20-16(18)19-12/h3-9H,2H2,1H3,(H2,18,19,20). The first-order chi connectivity index (χ1) is 10.2. The quantitative estimate of drug-likeness (QED) is 0.744. The summed E-state index contributed by atoms with van der Waals surface area (Å²) in [6.45, 7) is 2.51. The van der Waals surface area contributed by atoms with Crippen LogP contribution in [0.3, 0.4) is 0 Å². The van der Waals surface area contributed by atoms with Crippen LogP contribution in [-0.4, -0.2) is 16.6 Å². The molecule has 0 aliphatic carbocycles. The van der Waals surface area contributed by atoms with Crippen molar-refractivity contribution in [2.45, 2.75) is 6.92 Å². The molecule has 0 aliphatic rings. The predicted molar refractivity (Wildman–Crippen MR) is 85.6 cm³/mol. The number of ether oxygens (including phenoxy) is 1. The zero-order valence-electron chi connectivity index (χ0n) is 11.5. The van der Waals surface area contributed by atoms with Crippen LogP contribution in [0, 0.1) is 0 Å². The predicted octanol–water partition coefficient (Wildman–Crippen LogP) is 3.93. The lowest BCUT2D eigenvalue weighted by atomic mass is 10.0. The molecule has 2 aromatic carbocycles. The fraction of sp³-hybridized carbons (Fsp3) is 0.125. The van der Waals surface area contributed by atoms with Gasteiger partial charge in [0.05, 0.1) is 17.9 Å². The maximum atomic E-state index is 6.01. The third kappa shape index (κ3) is 2.62. The Hall–Kier alpha value is -2.33. The number of nitrogens with zero attached hydrogens (tertiary/aromatic N) is 2. The van der Waals surface area contributed by atoms with Crippen molar-refractivity contribution in [3.05, 3.63) is 47.6 Å². The van der Waals surface area contributed by atoms with E-state index in [2.05, 4.69) is 9.97 Å². The Bertz CT molecular complexity index is 784. The summed E-state index contributed by atoms with van der Waals surface area (Å²) in [5.41, 5.74) is 7.26. The molecule has 1 heterocycles. The summed E-state index contributed by atoms with van der Waals surface area (Å²) in [5.74, 6) is 0.901. The van der Waals surface area contributed by atoms with Gasteiger partial charge >= 0.3 is 0 Å². The van der Waals surface area contributed by atoms with Gasteiger partial charge in [-0.1, -0.05) is 41.9 Å². The number of rotatable bonds is 3. The van der Waals surface area contributed by atoms with E-state index in [4.69, 9.17) is 22.1 Å². The topological polar surface area (TPSA) is 61.0 Å². The molecular formula is C16H14ClN3O. The molecule has 3 rings (SSSR count). The van der Waals surface area contributed by atoms with Gasteiger partial charge in [0.25, 0.3) is 0 Å². The minimum Gasteiger partial charge on any atom is -0.493 e. The van der Waals surface area contributed by atoms with Crippen LogP contribution in [-0.2, 0) is 0 Å². The largest absolute Gasteiger partial charge is 0.493 e. The fourth-order valence-electron chi connectivity index (χ4n) is 2.35. The minimum absolute atomic E-state index is 0.146. The van der Waals surface area contributed by atoms with Gasteiger partial charge in [-0.15, -0.1) is 0 Å². The molecule has 0 radical (unpaired) electrons. The SMILES string of the molecule is CCOc1ccc2ccccc2c1-c1cc(Cl)nc(N)n1. The number of hydrogen-bond acceptors (Lipinski definition) is 4. The number of nitrogens with two attached hydrogens (primary N) is 1. The molecule has 0 amide bonds. The number of fused-ring (bicyclic) bond motifs is 1. The average Bonchev–Trinajstić information content (AvgIpc) is 2.46. The lowest BCUT2D eigenvalue weighted by Crippen LogP contribution is -2.00. The average molecular weight is 300 g/mol. The van der Waals surface area contributed by atoms with Crippen LogP contribution in [0.5, 0.6) is 5.75 Å². The summed E-state index contributed by atoms with van der Waals surface area (Å²) in [7, 11) is 0. The van der Waals surface area contributed by atoms with E-state index in [1.807, 2.05) is 43.3 Å². The van der Waals surface area contributed by atoms with Crippen LogP contribution in [0.15, 0.2) is 42.5 Å². The number of hydrogen-bond donors (Lipinski definition) is 1. The molecule has 3 aromatic rings. The van der Waals surface area contributed by atoms with Crippen LogP contribution in [0.25, 0.3) is 22.0 Å². The number of aromatic nitrogens is 2. The summed E-state index contributed by atoms with van der Waals surface area (Å²) < 4.78 is 5.73. The van der Waals surface area contributed by atoms with Crippen LogP contribution >= 0.6 is 11.6 Å². The van der Waals surface area contributed by atoms with Crippen molar-refractivity contribution in [2.24, 2.45) is 0 Å². The van der Waals surface area contributed by atoms with Gasteiger partial charge in [0.1, 0.15) is 10.9 Å². The summed E-state index contributed by atoms with van der Waals surface area (Å²) in [5, 5.41) is 2.45. The zero-order valence-corrected chi connectivity index (χ0v) is 12.3. The van der Waals surface area contributed by atoms with Crippen molar-refractivity contribution >= 4 is 28.3 Å². The fourth-order valence-corrected chi connectivity index (χ4v) is 2.54. The van der Waals surface area contributed by atoms with E-state index in [1.165, 1.54) is 0 Å². The van der Waals surface area contributed by atoms with Crippen molar-refractivity contribution < 1.29 is 4.74 Å². The number of halogens is 1. The van der Waals surface area contributed by atoms with E-state index in [0.29, 0.717) is 17.5 Å². The molecule has 0 aliphatic heterocycles. The Morgan fingerprint density at radius 3 is 2.71 bits per heavy atom. The molecule has 0 fully saturated rings. The third-order valence-electron chi connectivity index (χ3n) is 3.16. The second-order valence-electron chi connectivity index (χ2n) is 4.53. The molecule has 1 aromatic heterocycles. The van der Waals surface area contributed by atoms with E-state index in [-0.39, 0.29) is 5.95 Å². The van der Waals surface area contributed by atoms with Crippen molar-refractivity contribution in [1.82, 2.24) is 9.97 Å². The molecule has 2 N–H and O–H groups in total. The summed E-state index contributed by atoms with van der Waals surface area (Å²) in [4.78, 5) is 8.21. The molecule has 0 saturated heterocycles. The van der Waals surface area contributed by atoms with Gasteiger partial charge in [-0.3, -0.25) is 0 Å². The van der Waals surface area contributed by atoms with Gasteiger partial charge in [-0.25, -0.2) is 9.97 Å². The Morgan fingerprint density at radius 2 is 1.95 bits per heavy atom. The summed E-state index contributed by atoms with van der Waals surface area (Å²) in [6.07, 6.45) is 0. The Morgan fingerprint density at radius 1 is 1.14 bits per heavy atom. The molecule has 106 valence electrons. The van der Waals surface area contributed by atoms with Crippen molar-refractivity contribution in [3.63, 3.8) is 0 Å². The van der Waals surface area contributed by atoms with Crippen molar-refractivity contribution in [2.75, 3.05) is 12.3 Å². The number of anilines is 1. The van der Waals surface area contributed by atoms with Crippen LogP contribution in [0.1, 0.15) is 6.92 Å². The summed E-state index contributed by atoms with van der Waals surface area (Å²) in [6, 6.07) is 13.7. The lowest BCUT2D eigenvalue weighted by Gasteiger charge is -2.13. The Kier molecular flexibility index (Phi) is 3.62. The normalized spacial score (nSPS) is 10.8. The lowest BCUT2D eigenvalue weighted by molar-refractivity contribution is 0.342. The van der Waals surface area contributed by atoms with Crippen LogP contribution in [0.2, 0.25) is 5.15 Å². The monoisotopic (exact) mass is 299 g/mol. The van der Waals surface area contributed by atoms with Gasteiger partial charge in [0.15, 0.2) is 0 Å². The highest BCUT2D eigenvalue weighted by molar-refractivity contribution is 6.29. The van der Waals surface area contributed by atoms with E-state index in [0.717, 1.165) is 22.1 Å². The van der Waals surface area contributed by atoms with E-state index < -0.39 is 0 Å². The second-order valence-corrected chi connectivity index (χ2v) is 4.91. The molecule has 0 atom stereocenters. The number of nitrogen functional groups attached to an aromatic ring is 1. The van der Waals surface area contributed by atoms with E-state index in [1.54, 1.807) is 6.07 Å². The molecule has 0 saturated carbocycles. The molecule has 0 bridgehead atoms. The molecule has 5 heteroatoms. The van der Waals surface area contributed by atoms with Crippen LogP contribution < -0.4 is 10.5 Å². The number of benzene rings is 2. The van der Waals surface area contributed by atoms with Gasteiger partial charge in [0.2, 0.25) is 5.95 Å². The Labute approximate surface area is 127 Å². The first kappa shape index (κ1) is 13.6. The van der Waals surface area contributed by atoms with Gasteiger partial charge in [-0.2, -0.15) is 0 Å². The molecule has 0 spiro atoms. The second kappa shape index (κ2) is 5.58. The Balaban J connectivity index is 2.34. The minimum atomic E-state index is 0.146. The molecule has 0 unspecified atom stereocenters. The molecule has 21 heavy (non-hydrogen) atoms. The maximum absolute atomic E-state index is 6.01. The van der Waals surface area contributed by atoms with Crippen molar-refractivity contribution in [3.8, 4) is 17.0 Å². The van der Waals surface area contributed by atoms with Gasteiger partial charge in [-0.05, 0) is 23.8 Å². The van der Waals surface area contributed by atoms with Crippen LogP contribution in [0.4, 0.5) is 5.95 Å². The molecule has 4 nitrogen and oxygen atoms in total. The van der Waals surface area contributed by atoms with Crippen molar-refractivity contribution in [1.29, 1.82) is 0 Å². The van der Waals surface area contributed by atoms with Gasteiger partial charge in [0, 0.05) is 6.07 Å². The first-order valence-electron chi connectivity index (χ1n) is 6.64. The highest BCUT2D eigenvalue weighted by atomic mass is 35.5.